The zero-order valence-corrected chi connectivity index (χ0v) is 10.3. The van der Waals surface area contributed by atoms with E-state index in [4.69, 9.17) is 0 Å². The molecule has 1 rings (SSSR count). The van der Waals surface area contributed by atoms with Gasteiger partial charge in [0.2, 0.25) is 0 Å². The lowest BCUT2D eigenvalue weighted by molar-refractivity contribution is 0.0390. The molecule has 1 atom stereocenters. The zero-order chi connectivity index (χ0) is 12.3. The molecule has 0 fully saturated rings. The first-order valence-corrected chi connectivity index (χ1v) is 5.52. The van der Waals surface area contributed by atoms with Crippen molar-refractivity contribution >= 4 is 0 Å². The van der Waals surface area contributed by atoms with Crippen LogP contribution in [-0.4, -0.2) is 13.0 Å². The quantitative estimate of drug-likeness (QED) is 0.831. The molecule has 0 spiro atoms. The minimum atomic E-state index is -2.42. The normalized spacial score (nSPS) is 15.2. The molecular formula is C13H19F2N. The highest BCUT2D eigenvalue weighted by Gasteiger charge is 2.36. The first-order chi connectivity index (χ1) is 7.41. The molecule has 0 aliphatic heterocycles. The summed E-state index contributed by atoms with van der Waals surface area (Å²) in [6, 6.07) is 5.60. The fraction of sp³-hybridized carbons (Fsp3) is 0.538. The maximum absolute atomic E-state index is 13.2. The largest absolute Gasteiger partial charge is 0.303 e. The smallest absolute Gasteiger partial charge is 0.260 e. The van der Waals surface area contributed by atoms with Crippen LogP contribution in [0.5, 0.6) is 0 Å². The van der Waals surface area contributed by atoms with Crippen LogP contribution >= 0.6 is 0 Å². The SMILES string of the molecule is CCNC(C)(c1ccc(C)cc1C)C(F)F. The van der Waals surface area contributed by atoms with Crippen LogP contribution in [0.15, 0.2) is 18.2 Å². The van der Waals surface area contributed by atoms with Crippen molar-refractivity contribution in [3.8, 4) is 0 Å². The third kappa shape index (κ3) is 2.40. The summed E-state index contributed by atoms with van der Waals surface area (Å²) < 4.78 is 26.3. The van der Waals surface area contributed by atoms with Crippen molar-refractivity contribution in [2.75, 3.05) is 6.54 Å². The van der Waals surface area contributed by atoms with Crippen molar-refractivity contribution in [2.45, 2.75) is 39.7 Å². The number of halogens is 2. The third-order valence-electron chi connectivity index (χ3n) is 2.92. The second-order valence-corrected chi connectivity index (χ2v) is 4.35. The van der Waals surface area contributed by atoms with E-state index in [1.807, 2.05) is 32.9 Å². The summed E-state index contributed by atoms with van der Waals surface area (Å²) in [4.78, 5) is 0. The summed E-state index contributed by atoms with van der Waals surface area (Å²) in [5.74, 6) is 0. The van der Waals surface area contributed by atoms with Gasteiger partial charge in [-0.2, -0.15) is 0 Å². The maximum Gasteiger partial charge on any atom is 0.260 e. The van der Waals surface area contributed by atoms with Gasteiger partial charge in [0.05, 0.1) is 0 Å². The highest BCUT2D eigenvalue weighted by molar-refractivity contribution is 5.36. The zero-order valence-electron chi connectivity index (χ0n) is 10.3. The van der Waals surface area contributed by atoms with Crippen LogP contribution < -0.4 is 5.32 Å². The molecule has 0 aromatic heterocycles. The molecule has 0 amide bonds. The van der Waals surface area contributed by atoms with Crippen LogP contribution in [0.1, 0.15) is 30.5 Å². The van der Waals surface area contributed by atoms with Gasteiger partial charge in [0, 0.05) is 0 Å². The molecule has 0 saturated heterocycles. The van der Waals surface area contributed by atoms with E-state index in [0.717, 1.165) is 11.1 Å². The summed E-state index contributed by atoms with van der Waals surface area (Å²) in [6.45, 7) is 7.75. The molecule has 0 heterocycles. The Kier molecular flexibility index (Phi) is 4.03. The Hall–Kier alpha value is -0.960. The average molecular weight is 227 g/mol. The molecule has 3 heteroatoms. The summed E-state index contributed by atoms with van der Waals surface area (Å²) in [7, 11) is 0. The molecule has 0 bridgehead atoms. The number of aryl methyl sites for hydroxylation is 2. The Morgan fingerprint density at radius 3 is 2.38 bits per heavy atom. The van der Waals surface area contributed by atoms with Crippen LogP contribution in [0.3, 0.4) is 0 Å². The molecule has 90 valence electrons. The number of hydrogen-bond donors (Lipinski definition) is 1. The minimum Gasteiger partial charge on any atom is -0.303 e. The number of benzene rings is 1. The van der Waals surface area contributed by atoms with E-state index < -0.39 is 12.0 Å². The van der Waals surface area contributed by atoms with Crippen molar-refractivity contribution in [3.05, 3.63) is 34.9 Å². The molecule has 1 aromatic rings. The Morgan fingerprint density at radius 1 is 1.31 bits per heavy atom. The fourth-order valence-corrected chi connectivity index (χ4v) is 2.05. The highest BCUT2D eigenvalue weighted by Crippen LogP contribution is 2.30. The summed E-state index contributed by atoms with van der Waals surface area (Å²) in [6.07, 6.45) is -2.42. The van der Waals surface area contributed by atoms with E-state index in [1.54, 1.807) is 13.0 Å². The second-order valence-electron chi connectivity index (χ2n) is 4.35. The van der Waals surface area contributed by atoms with Gasteiger partial charge in [-0.1, -0.05) is 30.7 Å². The van der Waals surface area contributed by atoms with Crippen LogP contribution in [0, 0.1) is 13.8 Å². The van der Waals surface area contributed by atoms with Gasteiger partial charge < -0.3 is 5.32 Å². The van der Waals surface area contributed by atoms with Gasteiger partial charge in [0.1, 0.15) is 5.54 Å². The van der Waals surface area contributed by atoms with Gasteiger partial charge in [0.15, 0.2) is 0 Å². The average Bonchev–Trinajstić information content (AvgIpc) is 2.17. The van der Waals surface area contributed by atoms with Crippen LogP contribution in [0.25, 0.3) is 0 Å². The van der Waals surface area contributed by atoms with Crippen molar-refractivity contribution in [2.24, 2.45) is 0 Å². The van der Waals surface area contributed by atoms with E-state index in [1.165, 1.54) is 0 Å². The number of hydrogen-bond acceptors (Lipinski definition) is 1. The van der Waals surface area contributed by atoms with E-state index in [2.05, 4.69) is 5.32 Å². The number of rotatable bonds is 4. The standard InChI is InChI=1S/C13H19F2N/c1-5-16-13(4,12(14)15)11-7-6-9(2)8-10(11)3/h6-8,12,16H,5H2,1-4H3. The predicted molar refractivity (Wildman–Crippen MR) is 62.9 cm³/mol. The van der Waals surface area contributed by atoms with Crippen LogP contribution in [-0.2, 0) is 5.54 Å². The van der Waals surface area contributed by atoms with E-state index in [-0.39, 0.29) is 0 Å². The molecule has 1 aromatic carbocycles. The predicted octanol–water partition coefficient (Wildman–Crippen LogP) is 3.39. The van der Waals surface area contributed by atoms with Crippen molar-refractivity contribution < 1.29 is 8.78 Å². The molecule has 1 unspecified atom stereocenters. The monoisotopic (exact) mass is 227 g/mol. The lowest BCUT2D eigenvalue weighted by Gasteiger charge is -2.31. The van der Waals surface area contributed by atoms with E-state index in [0.29, 0.717) is 12.1 Å². The second kappa shape index (κ2) is 4.91. The molecule has 1 N–H and O–H groups in total. The Bertz CT molecular complexity index is 363. The molecule has 0 aliphatic rings. The van der Waals surface area contributed by atoms with Gasteiger partial charge in [-0.25, -0.2) is 8.78 Å². The number of alkyl halides is 2. The lowest BCUT2D eigenvalue weighted by Crippen LogP contribution is -2.46. The Morgan fingerprint density at radius 2 is 1.94 bits per heavy atom. The summed E-state index contributed by atoms with van der Waals surface area (Å²) in [5, 5.41) is 2.89. The Labute approximate surface area is 95.9 Å². The van der Waals surface area contributed by atoms with Crippen molar-refractivity contribution in [3.63, 3.8) is 0 Å². The topological polar surface area (TPSA) is 12.0 Å². The molecule has 0 radical (unpaired) electrons. The van der Waals surface area contributed by atoms with Gasteiger partial charge in [-0.3, -0.25) is 0 Å². The summed E-state index contributed by atoms with van der Waals surface area (Å²) in [5.41, 5.74) is 1.42. The van der Waals surface area contributed by atoms with Crippen molar-refractivity contribution in [1.82, 2.24) is 5.32 Å². The van der Waals surface area contributed by atoms with Crippen LogP contribution in [0.2, 0.25) is 0 Å². The maximum atomic E-state index is 13.2. The van der Waals surface area contributed by atoms with Gasteiger partial charge in [-0.05, 0) is 38.4 Å². The van der Waals surface area contributed by atoms with Gasteiger partial charge in [0.25, 0.3) is 6.43 Å². The molecule has 0 saturated carbocycles. The fourth-order valence-electron chi connectivity index (χ4n) is 2.05. The van der Waals surface area contributed by atoms with E-state index >= 15 is 0 Å². The molecule has 1 nitrogen and oxygen atoms in total. The summed E-state index contributed by atoms with van der Waals surface area (Å²) >= 11 is 0. The van der Waals surface area contributed by atoms with E-state index in [9.17, 15) is 8.78 Å². The first-order valence-electron chi connectivity index (χ1n) is 5.52. The Balaban J connectivity index is 3.21. The van der Waals surface area contributed by atoms with Gasteiger partial charge in [-0.15, -0.1) is 0 Å². The lowest BCUT2D eigenvalue weighted by atomic mass is 9.88. The minimum absolute atomic E-state index is 0.522. The van der Waals surface area contributed by atoms with Crippen LogP contribution in [0.4, 0.5) is 8.78 Å². The molecular weight excluding hydrogens is 208 g/mol. The first kappa shape index (κ1) is 13.1. The third-order valence-corrected chi connectivity index (χ3v) is 2.92. The molecule has 16 heavy (non-hydrogen) atoms. The number of nitrogens with one attached hydrogen (secondary N) is 1. The highest BCUT2D eigenvalue weighted by atomic mass is 19.3. The van der Waals surface area contributed by atoms with Crippen molar-refractivity contribution in [1.29, 1.82) is 0 Å². The molecule has 0 aliphatic carbocycles. The van der Waals surface area contributed by atoms with Gasteiger partial charge >= 0.3 is 0 Å².